The zero-order valence-electron chi connectivity index (χ0n) is 17.0. The summed E-state index contributed by atoms with van der Waals surface area (Å²) in [6, 6.07) is 5.46. The van der Waals surface area contributed by atoms with Gasteiger partial charge in [-0.3, -0.25) is 23.2 Å². The first-order valence-corrected chi connectivity index (χ1v) is 12.7. The number of nitrogens with zero attached hydrogens (tertiary/aromatic N) is 2. The van der Waals surface area contributed by atoms with Gasteiger partial charge in [0.05, 0.1) is 6.54 Å². The molecule has 3 heterocycles. The number of aromatic nitrogens is 1. The van der Waals surface area contributed by atoms with Gasteiger partial charge in [-0.25, -0.2) is 18.9 Å². The zero-order chi connectivity index (χ0) is 24.7. The van der Waals surface area contributed by atoms with Gasteiger partial charge in [0, 0.05) is 24.4 Å². The summed E-state index contributed by atoms with van der Waals surface area (Å²) in [6.45, 7) is -0.123. The topological polar surface area (TPSA) is 182 Å². The summed E-state index contributed by atoms with van der Waals surface area (Å²) in [5, 5.41) is 7.48. The van der Waals surface area contributed by atoms with E-state index in [1.165, 1.54) is 24.5 Å². The van der Waals surface area contributed by atoms with Gasteiger partial charge in [-0.2, -0.15) is 0 Å². The van der Waals surface area contributed by atoms with E-state index in [4.69, 9.17) is 13.8 Å². The number of amides is 2. The number of benzene rings is 1. The van der Waals surface area contributed by atoms with Gasteiger partial charge >= 0.3 is 27.4 Å². The fraction of sp³-hybridized carbons (Fsp3) is 0.278. The van der Waals surface area contributed by atoms with Crippen LogP contribution in [0.2, 0.25) is 0 Å². The summed E-state index contributed by atoms with van der Waals surface area (Å²) in [6.07, 6.45) is -2.37. The second kappa shape index (κ2) is 8.82. The molecule has 0 aliphatic carbocycles. The number of aliphatic hydroxyl groups is 1. The molecular formula is C18H17FN2O11P2. The summed E-state index contributed by atoms with van der Waals surface area (Å²) in [5.41, 5.74) is -0.178. The highest BCUT2D eigenvalue weighted by Gasteiger charge is 2.67. The van der Waals surface area contributed by atoms with Crippen LogP contribution in [-0.2, 0) is 29.3 Å². The van der Waals surface area contributed by atoms with Crippen molar-refractivity contribution in [3.05, 3.63) is 59.7 Å². The zero-order valence-corrected chi connectivity index (χ0v) is 18.8. The van der Waals surface area contributed by atoms with Gasteiger partial charge < -0.3 is 24.4 Å². The van der Waals surface area contributed by atoms with Crippen LogP contribution in [0.15, 0.2) is 42.7 Å². The molecule has 2 saturated heterocycles. The van der Waals surface area contributed by atoms with Crippen LogP contribution in [0, 0.1) is 5.82 Å². The van der Waals surface area contributed by atoms with Crippen LogP contribution in [0.4, 0.5) is 14.0 Å². The highest BCUT2D eigenvalue weighted by Crippen LogP contribution is 2.79. The molecule has 4 rings (SSSR count). The van der Waals surface area contributed by atoms with Crippen molar-refractivity contribution in [1.82, 2.24) is 9.88 Å². The highest BCUT2D eigenvalue weighted by molar-refractivity contribution is 7.73. The minimum absolute atomic E-state index is 0.0404. The van der Waals surface area contributed by atoms with Crippen molar-refractivity contribution in [2.45, 2.75) is 17.8 Å². The molecule has 34 heavy (non-hydrogen) atoms. The number of halogens is 1. The van der Waals surface area contributed by atoms with Crippen molar-refractivity contribution < 1.29 is 56.5 Å². The van der Waals surface area contributed by atoms with E-state index in [0.29, 0.717) is 11.0 Å². The molecule has 2 aliphatic heterocycles. The lowest BCUT2D eigenvalue weighted by Gasteiger charge is -2.41. The number of rotatable bonds is 4. The van der Waals surface area contributed by atoms with E-state index in [1.807, 2.05) is 0 Å². The monoisotopic (exact) mass is 518 g/mol. The normalized spacial score (nSPS) is 31.2. The maximum Gasteiger partial charge on any atom is 0.424 e. The lowest BCUT2D eigenvalue weighted by molar-refractivity contribution is -0.0580. The van der Waals surface area contributed by atoms with Gasteiger partial charge in [-0.05, 0) is 23.8 Å². The number of cyclic esters (lactones) is 1. The van der Waals surface area contributed by atoms with E-state index in [9.17, 15) is 38.0 Å². The number of hydrogen-bond donors (Lipinski definition) is 3. The largest absolute Gasteiger partial charge is 0.447 e. The van der Waals surface area contributed by atoms with Crippen molar-refractivity contribution in [2.24, 2.45) is 0 Å². The Morgan fingerprint density at radius 3 is 2.53 bits per heavy atom. The molecule has 1 aromatic heterocycles. The molecule has 13 nitrogen and oxygen atoms in total. The van der Waals surface area contributed by atoms with Gasteiger partial charge in [0.25, 0.3) is 5.08 Å². The fourth-order valence-corrected chi connectivity index (χ4v) is 6.74. The van der Waals surface area contributed by atoms with Crippen molar-refractivity contribution in [1.29, 1.82) is 0 Å². The van der Waals surface area contributed by atoms with Gasteiger partial charge in [0.2, 0.25) is 6.29 Å². The molecule has 0 saturated carbocycles. The average Bonchev–Trinajstić information content (AvgIpc) is 3.20. The molecule has 2 aliphatic rings. The average molecular weight is 518 g/mol. The Hall–Kier alpha value is -2.70. The molecule has 2 unspecified atom stereocenters. The first-order valence-electron chi connectivity index (χ1n) is 9.53. The van der Waals surface area contributed by atoms with E-state index in [2.05, 4.69) is 9.72 Å². The van der Waals surface area contributed by atoms with Gasteiger partial charge in [-0.1, -0.05) is 12.1 Å². The van der Waals surface area contributed by atoms with E-state index < -0.39 is 56.7 Å². The summed E-state index contributed by atoms with van der Waals surface area (Å²) in [5.74, 6) is -1.79. The molecule has 0 spiro atoms. The number of pyridine rings is 1. The third-order valence-corrected chi connectivity index (χ3v) is 9.55. The Balaban J connectivity index is 1.55. The molecule has 2 aromatic rings. The van der Waals surface area contributed by atoms with Crippen molar-refractivity contribution in [3.63, 3.8) is 0 Å². The quantitative estimate of drug-likeness (QED) is 0.504. The SMILES string of the molecule is O=C1OCCN1C(=O)Oc1ccc(C2OP(=O)(O)C(O)(Cc3cccnc3)P(=O)(O)O2)cc1F. The molecule has 0 radical (unpaired) electrons. The van der Waals surface area contributed by atoms with Crippen molar-refractivity contribution in [2.75, 3.05) is 13.2 Å². The maximum atomic E-state index is 14.5. The predicted molar refractivity (Wildman–Crippen MR) is 108 cm³/mol. The lowest BCUT2D eigenvalue weighted by atomic mass is 10.2. The van der Waals surface area contributed by atoms with Crippen molar-refractivity contribution >= 4 is 27.4 Å². The lowest BCUT2D eigenvalue weighted by Crippen LogP contribution is -2.38. The van der Waals surface area contributed by atoms with E-state index >= 15 is 0 Å². The van der Waals surface area contributed by atoms with Gasteiger partial charge in [0.1, 0.15) is 6.61 Å². The molecule has 0 bridgehead atoms. The number of hydrogen-bond acceptors (Lipinski definition) is 10. The summed E-state index contributed by atoms with van der Waals surface area (Å²) in [7, 11) is -10.5. The first kappa shape index (κ1) is 24.4. The Kier molecular flexibility index (Phi) is 6.34. The second-order valence-corrected chi connectivity index (χ2v) is 11.6. The second-order valence-electron chi connectivity index (χ2n) is 7.22. The number of imide groups is 1. The predicted octanol–water partition coefficient (Wildman–Crippen LogP) is 2.48. The molecule has 2 fully saturated rings. The highest BCUT2D eigenvalue weighted by atomic mass is 31.2. The van der Waals surface area contributed by atoms with Gasteiger partial charge in [-0.15, -0.1) is 0 Å². The van der Waals surface area contributed by atoms with E-state index in [-0.39, 0.29) is 24.3 Å². The third kappa shape index (κ3) is 4.37. The Morgan fingerprint density at radius 1 is 1.26 bits per heavy atom. The standard InChI is InChI=1S/C18H17FN2O11P2/c19-13-8-12(3-4-14(13)30-17(23)21-6-7-29-16(21)22)15-31-33(25,26)18(24,34(27,28)32-15)9-11-2-1-5-20-10-11/h1-5,8,10,15,24H,6-7,9H2,(H,25,26)(H,27,28). The molecule has 182 valence electrons. The number of carbonyl (C=O) groups is 2. The Bertz CT molecular complexity index is 1200. The first-order chi connectivity index (χ1) is 15.9. The molecule has 3 N–H and O–H groups in total. The summed E-state index contributed by atoms with van der Waals surface area (Å²) >= 11 is 0. The van der Waals surface area contributed by atoms with Crippen LogP contribution < -0.4 is 4.74 Å². The minimum atomic E-state index is -5.26. The molecular weight excluding hydrogens is 501 g/mol. The van der Waals surface area contributed by atoms with Crippen LogP contribution in [0.5, 0.6) is 5.75 Å². The molecule has 16 heteroatoms. The summed E-state index contributed by atoms with van der Waals surface area (Å²) < 4.78 is 59.3. The van der Waals surface area contributed by atoms with Crippen LogP contribution in [-0.4, -0.2) is 55.2 Å². The molecule has 1 aromatic carbocycles. The summed E-state index contributed by atoms with van der Waals surface area (Å²) in [4.78, 5) is 48.4. The van der Waals surface area contributed by atoms with Crippen LogP contribution in [0.3, 0.4) is 0 Å². The van der Waals surface area contributed by atoms with Crippen LogP contribution >= 0.6 is 15.2 Å². The van der Waals surface area contributed by atoms with Crippen LogP contribution in [0.25, 0.3) is 0 Å². The Labute approximate surface area is 190 Å². The van der Waals surface area contributed by atoms with Gasteiger partial charge in [0.15, 0.2) is 11.6 Å². The Morgan fingerprint density at radius 2 is 1.97 bits per heavy atom. The van der Waals surface area contributed by atoms with E-state index in [0.717, 1.165) is 12.1 Å². The number of carbonyl (C=O) groups excluding carboxylic acids is 2. The van der Waals surface area contributed by atoms with E-state index in [1.54, 1.807) is 0 Å². The number of ether oxygens (including phenoxy) is 2. The smallest absolute Gasteiger partial charge is 0.424 e. The fourth-order valence-electron chi connectivity index (χ4n) is 3.16. The third-order valence-electron chi connectivity index (χ3n) is 4.95. The van der Waals surface area contributed by atoms with Crippen LogP contribution in [0.1, 0.15) is 17.4 Å². The maximum absolute atomic E-state index is 14.5. The van der Waals surface area contributed by atoms with Crippen molar-refractivity contribution in [3.8, 4) is 5.75 Å². The molecule has 2 atom stereocenters. The molecule has 2 amide bonds. The minimum Gasteiger partial charge on any atom is -0.447 e.